The lowest BCUT2D eigenvalue weighted by Crippen LogP contribution is -2.33. The minimum Gasteiger partial charge on any atom is -0.388 e. The Kier molecular flexibility index (Phi) is 4.37. The fraction of sp³-hybridized carbons (Fsp3) is 0.700. The lowest BCUT2D eigenvalue weighted by atomic mass is 10.3. The van der Waals surface area contributed by atoms with Gasteiger partial charge in [-0.05, 0) is 20.8 Å². The van der Waals surface area contributed by atoms with Gasteiger partial charge in [0.15, 0.2) is 5.13 Å². The van der Waals surface area contributed by atoms with E-state index in [1.165, 1.54) is 0 Å². The Balaban J connectivity index is 2.93. The molecule has 0 bridgehead atoms. The maximum atomic E-state index is 12.3. The van der Waals surface area contributed by atoms with Crippen molar-refractivity contribution in [3.63, 3.8) is 0 Å². The maximum absolute atomic E-state index is 12.3. The second kappa shape index (κ2) is 5.22. The fourth-order valence-electron chi connectivity index (χ4n) is 1.45. The highest BCUT2D eigenvalue weighted by atomic mass is 32.1. The first-order valence-electron chi connectivity index (χ1n) is 5.21. The van der Waals surface area contributed by atoms with Crippen LogP contribution in [-0.2, 0) is 0 Å². The molecule has 1 atom stereocenters. The number of rotatable bonds is 4. The molecule has 0 radical (unpaired) electrons. The van der Waals surface area contributed by atoms with Crippen LogP contribution in [0, 0.1) is 6.92 Å². The number of aliphatic hydroxyl groups excluding tert-OH is 1. The molecule has 98 valence electrons. The van der Waals surface area contributed by atoms with Gasteiger partial charge in [-0.3, -0.25) is 0 Å². The van der Waals surface area contributed by atoms with Crippen LogP contribution in [0.5, 0.6) is 0 Å². The van der Waals surface area contributed by atoms with Gasteiger partial charge in [-0.2, -0.15) is 13.2 Å². The van der Waals surface area contributed by atoms with Crippen molar-refractivity contribution in [1.82, 2.24) is 4.98 Å². The molecule has 3 nitrogen and oxygen atoms in total. The third kappa shape index (κ3) is 3.85. The van der Waals surface area contributed by atoms with Gasteiger partial charge in [0.1, 0.15) is 6.54 Å². The summed E-state index contributed by atoms with van der Waals surface area (Å²) in [5, 5.41) is 9.74. The van der Waals surface area contributed by atoms with Crippen LogP contribution in [0.2, 0.25) is 0 Å². The molecule has 0 aliphatic heterocycles. The van der Waals surface area contributed by atoms with Crippen molar-refractivity contribution in [3.05, 3.63) is 10.6 Å². The van der Waals surface area contributed by atoms with Crippen LogP contribution in [0.3, 0.4) is 0 Å². The molecule has 0 amide bonds. The van der Waals surface area contributed by atoms with Crippen molar-refractivity contribution in [2.45, 2.75) is 33.1 Å². The Labute approximate surface area is 102 Å². The zero-order chi connectivity index (χ0) is 13.2. The van der Waals surface area contributed by atoms with Gasteiger partial charge in [0.2, 0.25) is 0 Å². The van der Waals surface area contributed by atoms with E-state index in [9.17, 15) is 18.3 Å². The van der Waals surface area contributed by atoms with Gasteiger partial charge < -0.3 is 10.0 Å². The summed E-state index contributed by atoms with van der Waals surface area (Å²) in [6.45, 7) is 4.11. The Morgan fingerprint density at radius 2 is 2.06 bits per heavy atom. The van der Waals surface area contributed by atoms with Gasteiger partial charge in [-0.1, -0.05) is 11.3 Å². The quantitative estimate of drug-likeness (QED) is 0.912. The van der Waals surface area contributed by atoms with Crippen molar-refractivity contribution in [1.29, 1.82) is 0 Å². The van der Waals surface area contributed by atoms with Crippen LogP contribution in [-0.4, -0.2) is 29.4 Å². The SMILES string of the molecule is CCN(CC(F)(F)F)c1nc(C)c(C(C)O)s1. The lowest BCUT2D eigenvalue weighted by molar-refractivity contribution is -0.119. The molecule has 0 spiro atoms. The number of aryl methyl sites for hydroxylation is 1. The van der Waals surface area contributed by atoms with Gasteiger partial charge in [0.05, 0.1) is 16.7 Å². The molecule has 0 aliphatic rings. The van der Waals surface area contributed by atoms with Crippen LogP contribution in [0.4, 0.5) is 18.3 Å². The van der Waals surface area contributed by atoms with Crippen LogP contribution in [0.1, 0.15) is 30.5 Å². The topological polar surface area (TPSA) is 36.4 Å². The summed E-state index contributed by atoms with van der Waals surface area (Å²) in [7, 11) is 0. The highest BCUT2D eigenvalue weighted by molar-refractivity contribution is 7.15. The third-order valence-corrected chi connectivity index (χ3v) is 3.61. The summed E-state index contributed by atoms with van der Waals surface area (Å²) in [5.41, 5.74) is 0.584. The van der Waals surface area contributed by atoms with E-state index in [1.807, 2.05) is 0 Å². The predicted octanol–water partition coefficient (Wildman–Crippen LogP) is 2.89. The summed E-state index contributed by atoms with van der Waals surface area (Å²) >= 11 is 1.11. The van der Waals surface area contributed by atoms with Crippen molar-refractivity contribution >= 4 is 16.5 Å². The predicted molar refractivity (Wildman–Crippen MR) is 61.4 cm³/mol. The first-order valence-corrected chi connectivity index (χ1v) is 6.03. The fourth-order valence-corrected chi connectivity index (χ4v) is 2.51. The molecule has 7 heteroatoms. The number of hydrogen-bond donors (Lipinski definition) is 1. The largest absolute Gasteiger partial charge is 0.406 e. The number of thiazole rings is 1. The molecule has 1 rings (SSSR count). The van der Waals surface area contributed by atoms with Gasteiger partial charge in [0, 0.05) is 6.54 Å². The van der Waals surface area contributed by atoms with Gasteiger partial charge >= 0.3 is 6.18 Å². The van der Waals surface area contributed by atoms with E-state index in [2.05, 4.69) is 4.98 Å². The normalized spacial score (nSPS) is 13.8. The molecule has 0 fully saturated rings. The zero-order valence-corrected chi connectivity index (χ0v) is 10.7. The summed E-state index contributed by atoms with van der Waals surface area (Å²) < 4.78 is 37.0. The Bertz CT molecular complexity index is 376. The molecule has 0 saturated heterocycles. The lowest BCUT2D eigenvalue weighted by Gasteiger charge is -2.21. The maximum Gasteiger partial charge on any atom is 0.406 e. The molecular formula is C10H15F3N2OS. The molecule has 0 aromatic carbocycles. The van der Waals surface area contributed by atoms with Crippen molar-refractivity contribution < 1.29 is 18.3 Å². The molecule has 1 aromatic heterocycles. The molecule has 17 heavy (non-hydrogen) atoms. The molecule has 0 saturated carbocycles. The van der Waals surface area contributed by atoms with E-state index in [-0.39, 0.29) is 6.54 Å². The third-order valence-electron chi connectivity index (χ3n) is 2.22. The summed E-state index contributed by atoms with van der Waals surface area (Å²) in [6.07, 6.45) is -4.95. The number of anilines is 1. The Morgan fingerprint density at radius 3 is 2.41 bits per heavy atom. The summed E-state index contributed by atoms with van der Waals surface area (Å²) in [5.74, 6) is 0. The van der Waals surface area contributed by atoms with E-state index >= 15 is 0 Å². The highest BCUT2D eigenvalue weighted by Gasteiger charge is 2.31. The van der Waals surface area contributed by atoms with Crippen molar-refractivity contribution in [2.75, 3.05) is 18.0 Å². The summed E-state index contributed by atoms with van der Waals surface area (Å²) in [6, 6.07) is 0. The van der Waals surface area contributed by atoms with Crippen LogP contribution in [0.15, 0.2) is 0 Å². The van der Waals surface area contributed by atoms with Crippen LogP contribution < -0.4 is 4.90 Å². The number of alkyl halides is 3. The minimum absolute atomic E-state index is 0.228. The van der Waals surface area contributed by atoms with Gasteiger partial charge in [-0.25, -0.2) is 4.98 Å². The molecule has 0 aliphatic carbocycles. The number of nitrogens with zero attached hydrogens (tertiary/aromatic N) is 2. The first kappa shape index (κ1) is 14.2. The average Bonchev–Trinajstić information content (AvgIpc) is 2.55. The minimum atomic E-state index is -4.25. The van der Waals surface area contributed by atoms with E-state index in [0.717, 1.165) is 16.2 Å². The smallest absolute Gasteiger partial charge is 0.388 e. The van der Waals surface area contributed by atoms with Gasteiger partial charge in [0.25, 0.3) is 0 Å². The highest BCUT2D eigenvalue weighted by Crippen LogP contribution is 2.32. The van der Waals surface area contributed by atoms with Crippen molar-refractivity contribution in [2.24, 2.45) is 0 Å². The number of aromatic nitrogens is 1. The standard InChI is InChI=1S/C10H15F3N2OS/c1-4-15(5-10(11,12)13)9-14-6(2)8(17-9)7(3)16/h7,16H,4-5H2,1-3H3. The first-order chi connectivity index (χ1) is 7.74. The van der Waals surface area contributed by atoms with E-state index in [4.69, 9.17) is 0 Å². The average molecular weight is 268 g/mol. The molecule has 1 aromatic rings. The number of hydrogen-bond acceptors (Lipinski definition) is 4. The van der Waals surface area contributed by atoms with Crippen LogP contribution >= 0.6 is 11.3 Å². The molecular weight excluding hydrogens is 253 g/mol. The van der Waals surface area contributed by atoms with Gasteiger partial charge in [-0.15, -0.1) is 0 Å². The zero-order valence-electron chi connectivity index (χ0n) is 9.88. The van der Waals surface area contributed by atoms with E-state index in [0.29, 0.717) is 15.7 Å². The van der Waals surface area contributed by atoms with Crippen molar-refractivity contribution in [3.8, 4) is 0 Å². The van der Waals surface area contributed by atoms with E-state index in [1.54, 1.807) is 20.8 Å². The summed E-state index contributed by atoms with van der Waals surface area (Å²) in [4.78, 5) is 5.84. The number of aliphatic hydroxyl groups is 1. The van der Waals surface area contributed by atoms with Crippen LogP contribution in [0.25, 0.3) is 0 Å². The molecule has 1 unspecified atom stereocenters. The van der Waals surface area contributed by atoms with E-state index < -0.39 is 18.8 Å². The molecule has 1 N–H and O–H groups in total. The Hall–Kier alpha value is -0.820. The monoisotopic (exact) mass is 268 g/mol. The second-order valence-electron chi connectivity index (χ2n) is 3.75. The second-order valence-corrected chi connectivity index (χ2v) is 4.76. The number of halogens is 3. The Morgan fingerprint density at radius 1 is 1.47 bits per heavy atom. The molecule has 1 heterocycles.